The van der Waals surface area contributed by atoms with Crippen molar-refractivity contribution in [2.24, 2.45) is 0 Å². The molecular weight excluding hydrogens is 587 g/mol. The van der Waals surface area contributed by atoms with Crippen molar-refractivity contribution in [1.82, 2.24) is 20.3 Å². The van der Waals surface area contributed by atoms with Gasteiger partial charge in [0.15, 0.2) is 0 Å². The number of sulfone groups is 1. The van der Waals surface area contributed by atoms with Gasteiger partial charge in [0.1, 0.15) is 39.3 Å². The Hall–Kier alpha value is -4.07. The number of alkyl halides is 3. The minimum absolute atomic E-state index is 0.00502. The Morgan fingerprint density at radius 3 is 2.55 bits per heavy atom. The molecule has 0 unspecified atom stereocenters. The van der Waals surface area contributed by atoms with E-state index in [4.69, 9.17) is 9.72 Å². The lowest BCUT2D eigenvalue weighted by Crippen LogP contribution is -2.21. The van der Waals surface area contributed by atoms with Gasteiger partial charge < -0.3 is 15.4 Å². The number of benzene rings is 3. The summed E-state index contributed by atoms with van der Waals surface area (Å²) in [6.07, 6.45) is -1.72. The normalized spacial score (nSPS) is 12.0. The van der Waals surface area contributed by atoms with Crippen LogP contribution >= 0.6 is 11.3 Å². The molecule has 0 aliphatic carbocycles. The van der Waals surface area contributed by atoms with Crippen molar-refractivity contribution in [3.8, 4) is 17.0 Å². The lowest BCUT2D eigenvalue weighted by molar-refractivity contribution is -0.137. The summed E-state index contributed by atoms with van der Waals surface area (Å²) in [5.41, 5.74) is 2.77. The number of ether oxygens (including phenoxy) is 1. The number of anilines is 2. The van der Waals surface area contributed by atoms with Crippen LogP contribution < -0.4 is 15.4 Å². The highest BCUT2D eigenvalue weighted by Crippen LogP contribution is 2.32. The van der Waals surface area contributed by atoms with Crippen LogP contribution in [0.15, 0.2) is 78.4 Å². The molecule has 0 radical (unpaired) electrons. The second kappa shape index (κ2) is 12.4. The zero-order valence-electron chi connectivity index (χ0n) is 22.4. The summed E-state index contributed by atoms with van der Waals surface area (Å²) in [7, 11) is -3.03. The van der Waals surface area contributed by atoms with Crippen molar-refractivity contribution in [3.63, 3.8) is 0 Å². The molecule has 0 saturated heterocycles. The lowest BCUT2D eigenvalue weighted by Gasteiger charge is -2.12. The fraction of sp³-hybridized carbons (Fsp3) is 0.207. The third-order valence-electron chi connectivity index (χ3n) is 6.20. The quantitative estimate of drug-likeness (QED) is 0.169. The molecule has 0 spiro atoms. The summed E-state index contributed by atoms with van der Waals surface area (Å²) in [5.74, 6) is 1.17. The highest BCUT2D eigenvalue weighted by molar-refractivity contribution is 7.90. The van der Waals surface area contributed by atoms with Crippen molar-refractivity contribution < 1.29 is 26.3 Å². The van der Waals surface area contributed by atoms with Gasteiger partial charge in [-0.1, -0.05) is 24.3 Å². The molecule has 8 nitrogen and oxygen atoms in total. The molecule has 0 fully saturated rings. The van der Waals surface area contributed by atoms with Crippen LogP contribution in [0.1, 0.15) is 16.1 Å². The number of rotatable bonds is 11. The number of para-hydroxylation sites is 1. The largest absolute Gasteiger partial charge is 0.489 e. The summed E-state index contributed by atoms with van der Waals surface area (Å²) < 4.78 is 67.2. The Kier molecular flexibility index (Phi) is 8.71. The molecule has 2 aromatic heterocycles. The molecule has 2 heterocycles. The zero-order valence-corrected chi connectivity index (χ0v) is 24.0. The fourth-order valence-electron chi connectivity index (χ4n) is 4.14. The summed E-state index contributed by atoms with van der Waals surface area (Å²) in [5, 5.41) is 9.97. The van der Waals surface area contributed by atoms with Gasteiger partial charge in [-0.15, -0.1) is 11.3 Å². The minimum Gasteiger partial charge on any atom is -0.489 e. The second-order valence-electron chi connectivity index (χ2n) is 9.49. The smallest absolute Gasteiger partial charge is 0.416 e. The van der Waals surface area contributed by atoms with E-state index < -0.39 is 21.6 Å². The third-order valence-corrected chi connectivity index (χ3v) is 7.99. The number of nitrogens with zero attached hydrogens (tertiary/aromatic N) is 3. The van der Waals surface area contributed by atoms with Gasteiger partial charge in [-0.25, -0.2) is 23.4 Å². The Bertz CT molecular complexity index is 1790. The summed E-state index contributed by atoms with van der Waals surface area (Å²) in [6, 6.07) is 17.9. The van der Waals surface area contributed by atoms with Crippen LogP contribution in [-0.2, 0) is 29.2 Å². The van der Waals surface area contributed by atoms with E-state index >= 15 is 0 Å². The van der Waals surface area contributed by atoms with Crippen molar-refractivity contribution >= 4 is 43.6 Å². The van der Waals surface area contributed by atoms with Crippen LogP contribution in [0.5, 0.6) is 5.75 Å². The van der Waals surface area contributed by atoms with Gasteiger partial charge in [0.2, 0.25) is 0 Å². The van der Waals surface area contributed by atoms with E-state index in [-0.39, 0.29) is 12.4 Å². The van der Waals surface area contributed by atoms with Gasteiger partial charge in [-0.05, 0) is 48.0 Å². The molecule has 0 amide bonds. The van der Waals surface area contributed by atoms with E-state index in [0.29, 0.717) is 30.2 Å². The molecular formula is C29H26F3N5O3S2. The van der Waals surface area contributed by atoms with Gasteiger partial charge in [0, 0.05) is 41.4 Å². The van der Waals surface area contributed by atoms with Crippen molar-refractivity contribution in [3.05, 3.63) is 94.6 Å². The van der Waals surface area contributed by atoms with Crippen molar-refractivity contribution in [1.29, 1.82) is 0 Å². The average molecular weight is 614 g/mol. The average Bonchev–Trinajstić information content (AvgIpc) is 3.43. The number of hydrogen-bond acceptors (Lipinski definition) is 9. The van der Waals surface area contributed by atoms with Crippen LogP contribution in [0.25, 0.3) is 22.2 Å². The van der Waals surface area contributed by atoms with E-state index in [1.54, 1.807) is 30.3 Å². The summed E-state index contributed by atoms with van der Waals surface area (Å²) >= 11 is 1.48. The highest BCUT2D eigenvalue weighted by Gasteiger charge is 2.30. The molecule has 5 rings (SSSR count). The SMILES string of the molecule is CS(=O)(=O)CCNCc1nc(-c2cccc3c(Nc4ccc(OCc5cccc(C(F)(F)F)c5)cc4)ncnc23)cs1. The van der Waals surface area contributed by atoms with Gasteiger partial charge in [0.25, 0.3) is 0 Å². The molecule has 0 saturated carbocycles. The van der Waals surface area contributed by atoms with E-state index in [1.807, 2.05) is 23.6 Å². The number of aromatic nitrogens is 3. The van der Waals surface area contributed by atoms with Crippen LogP contribution in [0, 0.1) is 0 Å². The van der Waals surface area contributed by atoms with Crippen LogP contribution in [-0.4, -0.2) is 41.9 Å². The molecule has 218 valence electrons. The van der Waals surface area contributed by atoms with Gasteiger partial charge in [0.05, 0.1) is 22.5 Å². The van der Waals surface area contributed by atoms with Gasteiger partial charge in [-0.2, -0.15) is 13.2 Å². The van der Waals surface area contributed by atoms with E-state index in [9.17, 15) is 21.6 Å². The molecule has 0 atom stereocenters. The number of fused-ring (bicyclic) bond motifs is 1. The van der Waals surface area contributed by atoms with Crippen LogP contribution in [0.4, 0.5) is 24.7 Å². The Labute approximate surface area is 244 Å². The Morgan fingerprint density at radius 2 is 1.79 bits per heavy atom. The lowest BCUT2D eigenvalue weighted by atomic mass is 10.1. The van der Waals surface area contributed by atoms with E-state index in [2.05, 4.69) is 20.6 Å². The molecule has 0 bridgehead atoms. The Balaban J connectivity index is 1.26. The first-order valence-corrected chi connectivity index (χ1v) is 15.7. The molecule has 0 aliphatic rings. The molecule has 3 aromatic carbocycles. The maximum atomic E-state index is 13.0. The molecule has 5 aromatic rings. The topological polar surface area (TPSA) is 106 Å². The van der Waals surface area contributed by atoms with Gasteiger partial charge in [-0.3, -0.25) is 0 Å². The van der Waals surface area contributed by atoms with Crippen LogP contribution in [0.2, 0.25) is 0 Å². The van der Waals surface area contributed by atoms with Crippen molar-refractivity contribution in [2.45, 2.75) is 19.3 Å². The molecule has 0 aliphatic heterocycles. The third kappa shape index (κ3) is 7.60. The Morgan fingerprint density at radius 1 is 1.00 bits per heavy atom. The summed E-state index contributed by atoms with van der Waals surface area (Å²) in [4.78, 5) is 13.6. The van der Waals surface area contributed by atoms with E-state index in [1.165, 1.54) is 30.0 Å². The second-order valence-corrected chi connectivity index (χ2v) is 12.7. The summed E-state index contributed by atoms with van der Waals surface area (Å²) in [6.45, 7) is 0.824. The monoisotopic (exact) mass is 613 g/mol. The number of halogens is 3. The standard InChI is InChI=1S/C29H26F3N5O3S2/c1-42(38,39)13-12-33-15-26-37-25(17-41-26)23-6-3-7-24-27(23)34-18-35-28(24)36-21-8-10-22(11-9-21)40-16-19-4-2-5-20(14-19)29(30,31)32/h2-11,14,17-18,33H,12-13,15-16H2,1H3,(H,34,35,36). The van der Waals surface area contributed by atoms with Crippen molar-refractivity contribution in [2.75, 3.05) is 23.9 Å². The van der Waals surface area contributed by atoms with E-state index in [0.717, 1.165) is 45.0 Å². The molecule has 13 heteroatoms. The minimum atomic E-state index is -4.40. The molecule has 42 heavy (non-hydrogen) atoms. The number of nitrogens with one attached hydrogen (secondary N) is 2. The highest BCUT2D eigenvalue weighted by atomic mass is 32.2. The molecule has 2 N–H and O–H groups in total. The first-order chi connectivity index (χ1) is 20.0. The van der Waals surface area contributed by atoms with Gasteiger partial charge >= 0.3 is 6.18 Å². The first-order valence-electron chi connectivity index (χ1n) is 12.8. The predicted octanol–water partition coefficient (Wildman–Crippen LogP) is 6.23. The maximum absolute atomic E-state index is 13.0. The fourth-order valence-corrected chi connectivity index (χ4v) is 5.42. The predicted molar refractivity (Wildman–Crippen MR) is 158 cm³/mol. The zero-order chi connectivity index (χ0) is 29.7. The number of hydrogen-bond donors (Lipinski definition) is 2. The van der Waals surface area contributed by atoms with Crippen LogP contribution in [0.3, 0.4) is 0 Å². The number of thiazole rings is 1. The maximum Gasteiger partial charge on any atom is 0.416 e. The first kappa shape index (κ1) is 29.4.